The van der Waals surface area contributed by atoms with Crippen LogP contribution < -0.4 is 11.2 Å². The number of hydrogen-bond acceptors (Lipinski definition) is 6. The van der Waals surface area contributed by atoms with Crippen molar-refractivity contribution in [1.29, 1.82) is 5.26 Å². The van der Waals surface area contributed by atoms with Crippen molar-refractivity contribution in [3.63, 3.8) is 0 Å². The Morgan fingerprint density at radius 2 is 2.06 bits per heavy atom. The lowest BCUT2D eigenvalue weighted by atomic mass is 9.76. The van der Waals surface area contributed by atoms with Crippen LogP contribution in [0.4, 0.5) is 4.39 Å². The molecule has 0 radical (unpaired) electrons. The van der Waals surface area contributed by atoms with Gasteiger partial charge in [0.15, 0.2) is 5.78 Å². The molecule has 7 nitrogen and oxygen atoms in total. The van der Waals surface area contributed by atoms with Gasteiger partial charge < -0.3 is 5.73 Å². The average molecular weight is 438 g/mol. The zero-order valence-corrected chi connectivity index (χ0v) is 17.0. The van der Waals surface area contributed by atoms with Gasteiger partial charge in [-0.15, -0.1) is 0 Å². The molecule has 1 aliphatic carbocycles. The van der Waals surface area contributed by atoms with Crippen LogP contribution in [-0.2, 0) is 4.79 Å². The molecule has 0 spiro atoms. The van der Waals surface area contributed by atoms with E-state index in [9.17, 15) is 19.2 Å². The van der Waals surface area contributed by atoms with Crippen molar-refractivity contribution in [3.8, 4) is 6.07 Å². The fourth-order valence-electron chi connectivity index (χ4n) is 3.95. The number of pyridine rings is 1. The largest absolute Gasteiger partial charge is 0.383 e. The molecule has 1 aliphatic heterocycles. The molecule has 0 saturated heterocycles. The van der Waals surface area contributed by atoms with Crippen molar-refractivity contribution in [2.24, 2.45) is 5.73 Å². The lowest BCUT2D eigenvalue weighted by molar-refractivity contribution is -0.116. The van der Waals surface area contributed by atoms with Crippen LogP contribution >= 0.6 is 11.6 Å². The van der Waals surface area contributed by atoms with Crippen molar-refractivity contribution in [2.45, 2.75) is 25.2 Å². The molecule has 9 heteroatoms. The molecular formula is C22H17ClFN5O2. The van der Waals surface area contributed by atoms with Crippen LogP contribution in [0.5, 0.6) is 0 Å². The Kier molecular flexibility index (Phi) is 5.44. The van der Waals surface area contributed by atoms with Gasteiger partial charge in [0.05, 0.1) is 23.1 Å². The van der Waals surface area contributed by atoms with Crippen LogP contribution in [0.15, 0.2) is 65.3 Å². The van der Waals surface area contributed by atoms with E-state index in [0.29, 0.717) is 18.5 Å². The second-order valence-corrected chi connectivity index (χ2v) is 7.48. The van der Waals surface area contributed by atoms with Crippen LogP contribution in [-0.4, -0.2) is 21.7 Å². The Labute approximate surface area is 182 Å². The van der Waals surface area contributed by atoms with E-state index in [4.69, 9.17) is 17.3 Å². The molecule has 31 heavy (non-hydrogen) atoms. The molecule has 0 saturated carbocycles. The van der Waals surface area contributed by atoms with Gasteiger partial charge in [0, 0.05) is 29.5 Å². The highest BCUT2D eigenvalue weighted by molar-refractivity contribution is 6.32. The highest BCUT2D eigenvalue weighted by Gasteiger charge is 2.41. The van der Waals surface area contributed by atoms with Crippen LogP contribution in [0, 0.1) is 17.1 Å². The number of allylic oxidation sites excluding steroid dienone is 3. The number of benzene rings is 1. The molecule has 1 atom stereocenters. The van der Waals surface area contributed by atoms with Crippen LogP contribution in [0.25, 0.3) is 0 Å². The van der Waals surface area contributed by atoms with Gasteiger partial charge in [-0.25, -0.2) is 14.4 Å². The number of hydrogen-bond donors (Lipinski definition) is 2. The number of nitrogens with one attached hydrogen (secondary N) is 1. The topological polar surface area (TPSA) is 112 Å². The van der Waals surface area contributed by atoms with Crippen molar-refractivity contribution in [3.05, 3.63) is 87.4 Å². The number of ketones is 1. The summed E-state index contributed by atoms with van der Waals surface area (Å²) >= 11 is 6.02. The minimum atomic E-state index is -0.941. The van der Waals surface area contributed by atoms with Crippen molar-refractivity contribution >= 4 is 23.3 Å². The molecule has 2 aliphatic rings. The molecule has 1 amide bonds. The second kappa shape index (κ2) is 8.20. The number of hydrazine groups is 1. The van der Waals surface area contributed by atoms with Crippen LogP contribution in [0.2, 0.25) is 5.15 Å². The van der Waals surface area contributed by atoms with E-state index < -0.39 is 17.6 Å². The normalized spacial score (nSPS) is 18.5. The standard InChI is InChI=1S/C22H17ClFN5O2/c23-20-13(6-4-10-27-20)22(31)28-29-16-8-3-9-17(30)19(16)18(14(11-25)21(29)26)12-5-1-2-7-15(12)24/h1-2,4-7,10,18H,3,8-9,26H2,(H,28,31). The number of nitrogens with two attached hydrogens (primary N) is 1. The molecule has 1 aromatic carbocycles. The van der Waals surface area contributed by atoms with Gasteiger partial charge >= 0.3 is 0 Å². The SMILES string of the molecule is N#CC1=C(N)N(NC(=O)c2cccnc2Cl)C2=C(C(=O)CCC2)C1c1ccccc1F. The third-order valence-corrected chi connectivity index (χ3v) is 5.65. The van der Waals surface area contributed by atoms with Crippen molar-refractivity contribution in [2.75, 3.05) is 0 Å². The average Bonchev–Trinajstić information content (AvgIpc) is 2.76. The third-order valence-electron chi connectivity index (χ3n) is 5.35. The number of amides is 1. The Balaban J connectivity index is 1.84. The Hall–Kier alpha value is -3.70. The monoisotopic (exact) mass is 437 g/mol. The third kappa shape index (κ3) is 3.53. The minimum Gasteiger partial charge on any atom is -0.383 e. The van der Waals surface area contributed by atoms with Gasteiger partial charge in [0.2, 0.25) is 0 Å². The van der Waals surface area contributed by atoms with E-state index >= 15 is 0 Å². The predicted octanol–water partition coefficient (Wildman–Crippen LogP) is 3.32. The quantitative estimate of drug-likeness (QED) is 0.712. The summed E-state index contributed by atoms with van der Waals surface area (Å²) in [6.45, 7) is 0. The Morgan fingerprint density at radius 3 is 2.77 bits per heavy atom. The summed E-state index contributed by atoms with van der Waals surface area (Å²) in [6, 6.07) is 11.0. The number of nitrogens with zero attached hydrogens (tertiary/aromatic N) is 3. The summed E-state index contributed by atoms with van der Waals surface area (Å²) in [5.74, 6) is -2.37. The van der Waals surface area contributed by atoms with Crippen LogP contribution in [0.3, 0.4) is 0 Å². The summed E-state index contributed by atoms with van der Waals surface area (Å²) in [6.07, 6.45) is 2.67. The second-order valence-electron chi connectivity index (χ2n) is 7.12. The number of Topliss-reactive ketones (excluding diaryl/α,β-unsaturated/α-hetero) is 1. The molecule has 0 bridgehead atoms. The van der Waals surface area contributed by atoms with E-state index in [2.05, 4.69) is 10.4 Å². The number of carbonyl (C=O) groups is 2. The Bertz CT molecular complexity index is 1200. The van der Waals surface area contributed by atoms with Gasteiger partial charge in [-0.3, -0.25) is 15.0 Å². The fraction of sp³-hybridized carbons (Fsp3) is 0.182. The van der Waals surface area contributed by atoms with E-state index in [-0.39, 0.29) is 45.5 Å². The van der Waals surface area contributed by atoms with E-state index in [1.165, 1.54) is 35.5 Å². The summed E-state index contributed by atoms with van der Waals surface area (Å²) in [5, 5.41) is 11.1. The highest BCUT2D eigenvalue weighted by Crippen LogP contribution is 2.44. The van der Waals surface area contributed by atoms with Gasteiger partial charge in [-0.2, -0.15) is 5.26 Å². The molecule has 1 unspecified atom stereocenters. The van der Waals surface area contributed by atoms with E-state index in [0.717, 1.165) is 0 Å². The van der Waals surface area contributed by atoms with Crippen molar-refractivity contribution < 1.29 is 14.0 Å². The highest BCUT2D eigenvalue weighted by atomic mass is 35.5. The molecule has 156 valence electrons. The first-order valence-electron chi connectivity index (χ1n) is 9.56. The molecule has 2 aromatic rings. The zero-order chi connectivity index (χ0) is 22.1. The molecular weight excluding hydrogens is 421 g/mol. The van der Waals surface area contributed by atoms with Gasteiger partial charge in [0.25, 0.3) is 5.91 Å². The van der Waals surface area contributed by atoms with E-state index in [1.54, 1.807) is 12.1 Å². The van der Waals surface area contributed by atoms with E-state index in [1.807, 2.05) is 6.07 Å². The number of carbonyl (C=O) groups excluding carboxylic acids is 2. The lowest BCUT2D eigenvalue weighted by Gasteiger charge is -2.39. The molecule has 0 fully saturated rings. The van der Waals surface area contributed by atoms with Crippen LogP contribution in [0.1, 0.15) is 41.1 Å². The summed E-state index contributed by atoms with van der Waals surface area (Å²) in [4.78, 5) is 29.6. The lowest BCUT2D eigenvalue weighted by Crippen LogP contribution is -2.48. The smallest absolute Gasteiger partial charge is 0.273 e. The fourth-order valence-corrected chi connectivity index (χ4v) is 4.16. The summed E-state index contributed by atoms with van der Waals surface area (Å²) in [7, 11) is 0. The first-order chi connectivity index (χ1) is 14.9. The molecule has 2 heterocycles. The molecule has 4 rings (SSSR count). The van der Waals surface area contributed by atoms with Gasteiger partial charge in [0.1, 0.15) is 16.8 Å². The van der Waals surface area contributed by atoms with Gasteiger partial charge in [-0.1, -0.05) is 29.8 Å². The number of rotatable bonds is 3. The molecule has 3 N–H and O–H groups in total. The number of nitriles is 1. The summed E-state index contributed by atoms with van der Waals surface area (Å²) < 4.78 is 14.7. The molecule has 1 aromatic heterocycles. The maximum absolute atomic E-state index is 14.7. The summed E-state index contributed by atoms with van der Waals surface area (Å²) in [5.41, 5.74) is 9.89. The minimum absolute atomic E-state index is 0.00164. The maximum atomic E-state index is 14.7. The first kappa shape index (κ1) is 20.6. The zero-order valence-electron chi connectivity index (χ0n) is 16.2. The van der Waals surface area contributed by atoms with Gasteiger partial charge in [-0.05, 0) is 31.0 Å². The Morgan fingerprint density at radius 1 is 1.29 bits per heavy atom. The van der Waals surface area contributed by atoms with Crippen molar-refractivity contribution in [1.82, 2.24) is 15.4 Å². The first-order valence-corrected chi connectivity index (χ1v) is 9.93. The maximum Gasteiger partial charge on any atom is 0.273 e. The number of aromatic nitrogens is 1. The number of halogens is 2. The predicted molar refractivity (Wildman–Crippen MR) is 110 cm³/mol.